The van der Waals surface area contributed by atoms with Crippen molar-refractivity contribution in [1.29, 1.82) is 0 Å². The molecule has 0 radical (unpaired) electrons. The maximum Gasteiger partial charge on any atom is 0.305 e. The third-order valence-corrected chi connectivity index (χ3v) is 5.45. The van der Waals surface area contributed by atoms with Gasteiger partial charge in [0.25, 0.3) is 0 Å². The lowest BCUT2D eigenvalue weighted by molar-refractivity contribution is -0.139. The molecular weight excluding hydrogens is 360 g/mol. The first kappa shape index (κ1) is 18.4. The van der Waals surface area contributed by atoms with Crippen molar-refractivity contribution in [2.24, 2.45) is 0 Å². The van der Waals surface area contributed by atoms with Crippen LogP contribution in [-0.2, 0) is 16.1 Å². The van der Waals surface area contributed by atoms with E-state index in [0.717, 1.165) is 22.6 Å². The van der Waals surface area contributed by atoms with Crippen molar-refractivity contribution >= 4 is 23.6 Å². The zero-order valence-electron chi connectivity index (χ0n) is 13.8. The van der Waals surface area contributed by atoms with Gasteiger partial charge in [-0.15, -0.1) is 11.8 Å². The smallest absolute Gasteiger partial charge is 0.305 e. The molecule has 0 bridgehead atoms. The summed E-state index contributed by atoms with van der Waals surface area (Å²) in [5.41, 5.74) is 1.34. The fourth-order valence-corrected chi connectivity index (χ4v) is 4.16. The number of aliphatic carboxylic acids is 1. The topological polar surface area (TPSA) is 57.6 Å². The van der Waals surface area contributed by atoms with Gasteiger partial charge in [0.1, 0.15) is 0 Å². The van der Waals surface area contributed by atoms with E-state index in [1.807, 2.05) is 24.3 Å². The Hall–Kier alpha value is -2.41. The van der Waals surface area contributed by atoms with Gasteiger partial charge in [0.2, 0.25) is 5.91 Å². The van der Waals surface area contributed by atoms with Gasteiger partial charge in [-0.25, -0.2) is 8.78 Å². The average Bonchev–Trinajstić information content (AvgIpc) is 3.05. The van der Waals surface area contributed by atoms with Crippen LogP contribution in [0.25, 0.3) is 0 Å². The number of nitrogens with zero attached hydrogens (tertiary/aromatic N) is 1. The van der Waals surface area contributed by atoms with Crippen molar-refractivity contribution in [1.82, 2.24) is 4.90 Å². The highest BCUT2D eigenvalue weighted by Crippen LogP contribution is 2.40. The molecule has 1 aliphatic rings. The number of carbonyl (C=O) groups excluding carboxylic acids is 1. The fraction of sp³-hybridized carbons (Fsp3) is 0.263. The number of benzene rings is 2. The molecule has 0 saturated heterocycles. The summed E-state index contributed by atoms with van der Waals surface area (Å²) in [5, 5.41) is 8.96. The van der Waals surface area contributed by atoms with Gasteiger partial charge in [0.15, 0.2) is 11.6 Å². The zero-order valence-corrected chi connectivity index (χ0v) is 14.6. The molecule has 1 amide bonds. The van der Waals surface area contributed by atoms with Crippen LogP contribution in [0.2, 0.25) is 0 Å². The molecule has 1 N–H and O–H groups in total. The second-order valence-electron chi connectivity index (χ2n) is 6.05. The Morgan fingerprint density at radius 2 is 1.92 bits per heavy atom. The summed E-state index contributed by atoms with van der Waals surface area (Å²) in [4.78, 5) is 26.4. The maximum atomic E-state index is 13.5. The van der Waals surface area contributed by atoms with Gasteiger partial charge in [-0.05, 0) is 29.3 Å². The van der Waals surface area contributed by atoms with Gasteiger partial charge in [-0.1, -0.05) is 24.3 Å². The van der Waals surface area contributed by atoms with E-state index in [1.165, 1.54) is 11.0 Å². The summed E-state index contributed by atoms with van der Waals surface area (Å²) in [7, 11) is 0. The van der Waals surface area contributed by atoms with E-state index >= 15 is 0 Å². The molecule has 26 heavy (non-hydrogen) atoms. The molecule has 0 spiro atoms. The van der Waals surface area contributed by atoms with Crippen LogP contribution in [0.5, 0.6) is 0 Å². The Labute approximate surface area is 153 Å². The van der Waals surface area contributed by atoms with Crippen LogP contribution >= 0.6 is 11.8 Å². The normalized spacial score (nSPS) is 15.5. The predicted molar refractivity (Wildman–Crippen MR) is 93.9 cm³/mol. The van der Waals surface area contributed by atoms with E-state index in [4.69, 9.17) is 5.11 Å². The Morgan fingerprint density at radius 3 is 2.65 bits per heavy atom. The molecule has 0 aromatic heterocycles. The van der Waals surface area contributed by atoms with Crippen molar-refractivity contribution in [2.75, 3.05) is 12.3 Å². The third kappa shape index (κ3) is 4.04. The summed E-state index contributed by atoms with van der Waals surface area (Å²) >= 11 is 1.58. The predicted octanol–water partition coefficient (Wildman–Crippen LogP) is 3.66. The molecule has 4 nitrogen and oxygen atoms in total. The summed E-state index contributed by atoms with van der Waals surface area (Å²) < 4.78 is 26.6. The van der Waals surface area contributed by atoms with Crippen molar-refractivity contribution < 1.29 is 23.5 Å². The quantitative estimate of drug-likeness (QED) is 0.835. The van der Waals surface area contributed by atoms with Gasteiger partial charge in [0, 0.05) is 23.7 Å². The molecule has 1 unspecified atom stereocenters. The van der Waals surface area contributed by atoms with Gasteiger partial charge < -0.3 is 10.0 Å². The van der Waals surface area contributed by atoms with E-state index < -0.39 is 17.6 Å². The molecule has 1 heterocycles. The second-order valence-corrected chi connectivity index (χ2v) is 7.12. The zero-order chi connectivity index (χ0) is 18.7. The lowest BCUT2D eigenvalue weighted by Gasteiger charge is -2.25. The lowest BCUT2D eigenvalue weighted by atomic mass is 9.99. The average molecular weight is 377 g/mol. The van der Waals surface area contributed by atoms with Crippen LogP contribution in [0.3, 0.4) is 0 Å². The first-order valence-electron chi connectivity index (χ1n) is 8.12. The number of carboxylic acids is 1. The maximum absolute atomic E-state index is 13.5. The first-order valence-corrected chi connectivity index (χ1v) is 9.10. The highest BCUT2D eigenvalue weighted by molar-refractivity contribution is 7.99. The number of carboxylic acid groups (broad SMARTS) is 1. The SMILES string of the molecule is O=C(O)CCN(Cc1ccc(F)c(F)c1)C(=O)C1CSc2ccccc21. The number of halogens is 2. The standard InChI is InChI=1S/C19H17F2NO3S/c20-15-6-5-12(9-16(15)21)10-22(8-7-18(23)24)19(25)14-11-26-17-4-2-1-3-13(14)17/h1-6,9,14H,7-8,10-11H2,(H,23,24). The Balaban J connectivity index is 1.82. The van der Waals surface area contributed by atoms with E-state index in [0.29, 0.717) is 11.3 Å². The highest BCUT2D eigenvalue weighted by Gasteiger charge is 2.32. The molecule has 0 saturated carbocycles. The Morgan fingerprint density at radius 1 is 1.15 bits per heavy atom. The van der Waals surface area contributed by atoms with Crippen molar-refractivity contribution in [3.63, 3.8) is 0 Å². The molecule has 0 fully saturated rings. The Kier molecular flexibility index (Phi) is 5.56. The minimum absolute atomic E-state index is 0.0104. The van der Waals surface area contributed by atoms with Crippen LogP contribution in [0.4, 0.5) is 8.78 Å². The van der Waals surface area contributed by atoms with Crippen molar-refractivity contribution in [2.45, 2.75) is 23.8 Å². The first-order chi connectivity index (χ1) is 12.5. The van der Waals surface area contributed by atoms with Crippen LogP contribution in [0.1, 0.15) is 23.5 Å². The molecule has 1 atom stereocenters. The van der Waals surface area contributed by atoms with E-state index in [2.05, 4.69) is 0 Å². The van der Waals surface area contributed by atoms with Crippen molar-refractivity contribution in [3.8, 4) is 0 Å². The molecule has 3 rings (SSSR count). The lowest BCUT2D eigenvalue weighted by Crippen LogP contribution is -2.36. The monoisotopic (exact) mass is 377 g/mol. The number of thioether (sulfide) groups is 1. The minimum atomic E-state index is -1.02. The molecular formula is C19H17F2NO3S. The number of amides is 1. The van der Waals surface area contributed by atoms with Crippen molar-refractivity contribution in [3.05, 3.63) is 65.2 Å². The van der Waals surface area contributed by atoms with E-state index in [-0.39, 0.29) is 31.3 Å². The second kappa shape index (κ2) is 7.86. The molecule has 2 aromatic rings. The fourth-order valence-electron chi connectivity index (χ4n) is 2.94. The summed E-state index contributed by atoms with van der Waals surface area (Å²) in [6.07, 6.45) is -0.211. The molecule has 0 aliphatic carbocycles. The van der Waals surface area contributed by atoms with Crippen LogP contribution in [-0.4, -0.2) is 34.2 Å². The molecule has 7 heteroatoms. The van der Waals surface area contributed by atoms with Gasteiger partial charge in [0.05, 0.1) is 12.3 Å². The van der Waals surface area contributed by atoms with E-state index in [1.54, 1.807) is 11.8 Å². The minimum Gasteiger partial charge on any atom is -0.481 e. The number of carbonyl (C=O) groups is 2. The molecule has 136 valence electrons. The van der Waals surface area contributed by atoms with E-state index in [9.17, 15) is 18.4 Å². The summed E-state index contributed by atoms with van der Waals surface area (Å²) in [6, 6.07) is 11.1. The number of hydrogen-bond acceptors (Lipinski definition) is 3. The van der Waals surface area contributed by atoms with Gasteiger partial charge in [-0.2, -0.15) is 0 Å². The summed E-state index contributed by atoms with van der Waals surface area (Å²) in [6.45, 7) is 0.0448. The number of fused-ring (bicyclic) bond motifs is 1. The van der Waals surface area contributed by atoms with Crippen LogP contribution in [0, 0.1) is 11.6 Å². The number of rotatable bonds is 6. The highest BCUT2D eigenvalue weighted by atomic mass is 32.2. The van der Waals surface area contributed by atoms with Gasteiger partial charge in [-0.3, -0.25) is 9.59 Å². The molecule has 1 aliphatic heterocycles. The Bertz CT molecular complexity index is 843. The van der Waals surface area contributed by atoms with Crippen LogP contribution in [0.15, 0.2) is 47.4 Å². The van der Waals surface area contributed by atoms with Crippen LogP contribution < -0.4 is 0 Å². The largest absolute Gasteiger partial charge is 0.481 e. The van der Waals surface area contributed by atoms with Gasteiger partial charge >= 0.3 is 5.97 Å². The number of hydrogen-bond donors (Lipinski definition) is 1. The molecule has 2 aromatic carbocycles. The third-order valence-electron chi connectivity index (χ3n) is 4.26. The summed E-state index contributed by atoms with van der Waals surface area (Å²) in [5.74, 6) is -2.95.